The SMILES string of the molecule is C=CC[C@H](C=O)CCC(=O)OC. The molecule has 1 atom stereocenters. The van der Waals surface area contributed by atoms with Crippen molar-refractivity contribution in [3.8, 4) is 0 Å². The van der Waals surface area contributed by atoms with Gasteiger partial charge in [-0.25, -0.2) is 0 Å². The molecule has 0 aliphatic heterocycles. The first-order chi connectivity index (χ1) is 5.74. The summed E-state index contributed by atoms with van der Waals surface area (Å²) in [6, 6.07) is 0. The molecule has 3 nitrogen and oxygen atoms in total. The molecule has 0 saturated heterocycles. The molecule has 68 valence electrons. The van der Waals surface area contributed by atoms with Crippen LogP contribution >= 0.6 is 0 Å². The lowest BCUT2D eigenvalue weighted by Crippen LogP contribution is -2.06. The summed E-state index contributed by atoms with van der Waals surface area (Å²) in [5, 5.41) is 0. The summed E-state index contributed by atoms with van der Waals surface area (Å²) in [4.78, 5) is 21.1. The highest BCUT2D eigenvalue weighted by atomic mass is 16.5. The van der Waals surface area contributed by atoms with Crippen LogP contribution in [0.3, 0.4) is 0 Å². The molecule has 0 radical (unpaired) electrons. The molecule has 0 N–H and O–H groups in total. The zero-order valence-corrected chi connectivity index (χ0v) is 7.29. The third-order valence-corrected chi connectivity index (χ3v) is 1.61. The number of aldehydes is 1. The van der Waals surface area contributed by atoms with Crippen LogP contribution in [0.15, 0.2) is 12.7 Å². The monoisotopic (exact) mass is 170 g/mol. The molecule has 0 spiro atoms. The number of rotatable bonds is 6. The first kappa shape index (κ1) is 10.9. The van der Waals surface area contributed by atoms with Gasteiger partial charge in [0.05, 0.1) is 7.11 Å². The fourth-order valence-corrected chi connectivity index (χ4v) is 0.861. The van der Waals surface area contributed by atoms with Crippen molar-refractivity contribution in [3.63, 3.8) is 0 Å². The average Bonchev–Trinajstić information content (AvgIpc) is 2.11. The van der Waals surface area contributed by atoms with E-state index < -0.39 is 0 Å². The number of esters is 1. The van der Waals surface area contributed by atoms with Crippen molar-refractivity contribution in [2.45, 2.75) is 19.3 Å². The van der Waals surface area contributed by atoms with Crippen LogP contribution in [-0.2, 0) is 14.3 Å². The molecule has 0 aliphatic carbocycles. The molecule has 0 unspecified atom stereocenters. The van der Waals surface area contributed by atoms with E-state index in [1.807, 2.05) is 0 Å². The van der Waals surface area contributed by atoms with Crippen molar-refractivity contribution in [2.24, 2.45) is 5.92 Å². The Morgan fingerprint density at radius 3 is 2.75 bits per heavy atom. The van der Waals surface area contributed by atoms with Crippen molar-refractivity contribution in [3.05, 3.63) is 12.7 Å². The molecular weight excluding hydrogens is 156 g/mol. The van der Waals surface area contributed by atoms with Crippen molar-refractivity contribution in [2.75, 3.05) is 7.11 Å². The third-order valence-electron chi connectivity index (χ3n) is 1.61. The van der Waals surface area contributed by atoms with Gasteiger partial charge in [-0.2, -0.15) is 0 Å². The number of carbonyl (C=O) groups excluding carboxylic acids is 2. The molecule has 12 heavy (non-hydrogen) atoms. The van der Waals surface area contributed by atoms with Crippen LogP contribution in [0, 0.1) is 5.92 Å². The van der Waals surface area contributed by atoms with E-state index >= 15 is 0 Å². The minimum atomic E-state index is -0.272. The molecule has 0 amide bonds. The van der Waals surface area contributed by atoms with Gasteiger partial charge in [-0.05, 0) is 12.8 Å². The van der Waals surface area contributed by atoms with E-state index in [-0.39, 0.29) is 11.9 Å². The number of ether oxygens (including phenoxy) is 1. The molecule has 0 aromatic rings. The zero-order valence-electron chi connectivity index (χ0n) is 7.29. The molecule has 0 bridgehead atoms. The highest BCUT2D eigenvalue weighted by Gasteiger charge is 2.08. The standard InChI is InChI=1S/C9H14O3/c1-3-4-8(7-10)5-6-9(11)12-2/h3,7-8H,1,4-6H2,2H3/t8-/m0/s1. The van der Waals surface area contributed by atoms with Gasteiger partial charge in [0.1, 0.15) is 6.29 Å². The minimum absolute atomic E-state index is 0.0957. The predicted molar refractivity (Wildman–Crippen MR) is 45.6 cm³/mol. The van der Waals surface area contributed by atoms with Gasteiger partial charge >= 0.3 is 5.97 Å². The second-order valence-corrected chi connectivity index (χ2v) is 2.54. The summed E-state index contributed by atoms with van der Waals surface area (Å²) < 4.78 is 4.44. The van der Waals surface area contributed by atoms with Crippen LogP contribution in [-0.4, -0.2) is 19.4 Å². The van der Waals surface area contributed by atoms with Crippen LogP contribution < -0.4 is 0 Å². The predicted octanol–water partition coefficient (Wildman–Crippen LogP) is 1.33. The second kappa shape index (κ2) is 6.58. The Hall–Kier alpha value is -1.12. The summed E-state index contributed by atoms with van der Waals surface area (Å²) in [7, 11) is 1.34. The lowest BCUT2D eigenvalue weighted by molar-refractivity contribution is -0.140. The zero-order chi connectivity index (χ0) is 9.40. The summed E-state index contributed by atoms with van der Waals surface area (Å²) in [5.74, 6) is -0.368. The molecule has 0 fully saturated rings. The largest absolute Gasteiger partial charge is 0.469 e. The fraction of sp³-hybridized carbons (Fsp3) is 0.556. The van der Waals surface area contributed by atoms with Gasteiger partial charge in [-0.1, -0.05) is 6.08 Å². The van der Waals surface area contributed by atoms with E-state index in [2.05, 4.69) is 11.3 Å². The van der Waals surface area contributed by atoms with Crippen molar-refractivity contribution in [1.82, 2.24) is 0 Å². The van der Waals surface area contributed by atoms with Gasteiger partial charge in [-0.15, -0.1) is 6.58 Å². The third kappa shape index (κ3) is 4.66. The Morgan fingerprint density at radius 1 is 1.67 bits per heavy atom. The average molecular weight is 170 g/mol. The Balaban J connectivity index is 3.63. The van der Waals surface area contributed by atoms with Gasteiger partial charge in [-0.3, -0.25) is 4.79 Å². The van der Waals surface area contributed by atoms with E-state index in [1.54, 1.807) is 6.08 Å². The van der Waals surface area contributed by atoms with Gasteiger partial charge in [0.2, 0.25) is 0 Å². The maximum absolute atomic E-state index is 10.7. The molecule has 0 heterocycles. The molecule has 0 saturated carbocycles. The molecule has 0 aromatic heterocycles. The highest BCUT2D eigenvalue weighted by molar-refractivity contribution is 5.69. The van der Waals surface area contributed by atoms with Crippen LogP contribution in [0.1, 0.15) is 19.3 Å². The van der Waals surface area contributed by atoms with Gasteiger partial charge in [0, 0.05) is 12.3 Å². The lowest BCUT2D eigenvalue weighted by atomic mass is 10.0. The van der Waals surface area contributed by atoms with E-state index in [0.717, 1.165) is 6.29 Å². The first-order valence-electron chi connectivity index (χ1n) is 3.87. The Kier molecular flexibility index (Phi) is 5.97. The molecule has 0 aliphatic rings. The van der Waals surface area contributed by atoms with Crippen LogP contribution in [0.25, 0.3) is 0 Å². The summed E-state index contributed by atoms with van der Waals surface area (Å²) >= 11 is 0. The summed E-state index contributed by atoms with van der Waals surface area (Å²) in [5.41, 5.74) is 0. The molecule has 0 rings (SSSR count). The first-order valence-corrected chi connectivity index (χ1v) is 3.87. The molecule has 0 aromatic carbocycles. The van der Waals surface area contributed by atoms with Gasteiger partial charge in [0.15, 0.2) is 0 Å². The van der Waals surface area contributed by atoms with Gasteiger partial charge in [0.25, 0.3) is 0 Å². The maximum atomic E-state index is 10.7. The van der Waals surface area contributed by atoms with Gasteiger partial charge < -0.3 is 9.53 Å². The topological polar surface area (TPSA) is 43.4 Å². The minimum Gasteiger partial charge on any atom is -0.469 e. The quantitative estimate of drug-likeness (QED) is 0.343. The fourth-order valence-electron chi connectivity index (χ4n) is 0.861. The molecular formula is C9H14O3. The number of hydrogen-bond acceptors (Lipinski definition) is 3. The smallest absolute Gasteiger partial charge is 0.305 e. The molecule has 3 heteroatoms. The summed E-state index contributed by atoms with van der Waals surface area (Å²) in [6.45, 7) is 3.52. The van der Waals surface area contributed by atoms with E-state index in [0.29, 0.717) is 19.3 Å². The van der Waals surface area contributed by atoms with E-state index in [4.69, 9.17) is 0 Å². The summed E-state index contributed by atoms with van der Waals surface area (Å²) in [6.07, 6.45) is 4.00. The van der Waals surface area contributed by atoms with E-state index in [9.17, 15) is 9.59 Å². The Bertz CT molecular complexity index is 163. The van der Waals surface area contributed by atoms with Crippen LogP contribution in [0.2, 0.25) is 0 Å². The normalized spacial score (nSPS) is 11.8. The van der Waals surface area contributed by atoms with Crippen molar-refractivity contribution < 1.29 is 14.3 Å². The number of carbonyl (C=O) groups is 2. The van der Waals surface area contributed by atoms with E-state index in [1.165, 1.54) is 7.11 Å². The van der Waals surface area contributed by atoms with Crippen molar-refractivity contribution >= 4 is 12.3 Å². The Morgan fingerprint density at radius 2 is 2.33 bits per heavy atom. The number of hydrogen-bond donors (Lipinski definition) is 0. The van der Waals surface area contributed by atoms with Crippen LogP contribution in [0.5, 0.6) is 0 Å². The number of methoxy groups -OCH3 is 1. The maximum Gasteiger partial charge on any atom is 0.305 e. The van der Waals surface area contributed by atoms with Crippen molar-refractivity contribution in [1.29, 1.82) is 0 Å². The second-order valence-electron chi connectivity index (χ2n) is 2.54. The highest BCUT2D eigenvalue weighted by Crippen LogP contribution is 2.09. The van der Waals surface area contributed by atoms with Crippen LogP contribution in [0.4, 0.5) is 0 Å². The lowest BCUT2D eigenvalue weighted by Gasteiger charge is -2.04. The Labute approximate surface area is 72.4 Å². The number of allylic oxidation sites excluding steroid dienone is 1.